The van der Waals surface area contributed by atoms with E-state index in [0.717, 1.165) is 6.04 Å². The van der Waals surface area contributed by atoms with Gasteiger partial charge in [0.05, 0.1) is 0 Å². The lowest BCUT2D eigenvalue weighted by Gasteiger charge is -2.33. The molecule has 0 saturated heterocycles. The molecule has 2 atom stereocenters. The van der Waals surface area contributed by atoms with E-state index < -0.39 is 0 Å². The predicted octanol–water partition coefficient (Wildman–Crippen LogP) is 1.40. The van der Waals surface area contributed by atoms with Gasteiger partial charge >= 0.3 is 0 Å². The second kappa shape index (κ2) is 7.25. The molecule has 0 aromatic rings. The first-order valence-corrected chi connectivity index (χ1v) is 6.75. The molecule has 2 unspecified atom stereocenters. The topological polar surface area (TPSA) is 18.5 Å². The van der Waals surface area contributed by atoms with E-state index in [2.05, 4.69) is 43.2 Å². The molecule has 1 N–H and O–H groups in total. The van der Waals surface area contributed by atoms with Gasteiger partial charge in [0.1, 0.15) is 0 Å². The smallest absolute Gasteiger partial charge is 0.0249 e. The molecule has 1 aliphatic rings. The van der Waals surface area contributed by atoms with Gasteiger partial charge in [-0.15, -0.1) is 0 Å². The van der Waals surface area contributed by atoms with Crippen molar-refractivity contribution in [2.45, 2.75) is 44.7 Å². The van der Waals surface area contributed by atoms with E-state index in [1.165, 1.54) is 45.3 Å². The second-order valence-corrected chi connectivity index (χ2v) is 5.23. The summed E-state index contributed by atoms with van der Waals surface area (Å²) in [7, 11) is 6.43. The van der Waals surface area contributed by atoms with Gasteiger partial charge in [-0.1, -0.05) is 13.3 Å². The maximum Gasteiger partial charge on any atom is 0.0249 e. The maximum atomic E-state index is 3.49. The van der Waals surface area contributed by atoms with Crippen LogP contribution >= 0.6 is 0 Å². The maximum absolute atomic E-state index is 3.49. The Balaban J connectivity index is 2.47. The van der Waals surface area contributed by atoms with E-state index in [1.807, 2.05) is 0 Å². The van der Waals surface area contributed by atoms with Crippen LogP contribution in [0.4, 0.5) is 0 Å². The molecular weight excluding hydrogens is 198 g/mol. The molecule has 96 valence electrons. The zero-order valence-corrected chi connectivity index (χ0v) is 11.5. The Morgan fingerprint density at radius 3 is 2.44 bits per heavy atom. The zero-order chi connectivity index (χ0) is 12.0. The Kier molecular flexibility index (Phi) is 6.32. The molecule has 16 heavy (non-hydrogen) atoms. The third-order valence-corrected chi connectivity index (χ3v) is 3.66. The minimum atomic E-state index is 0.716. The van der Waals surface area contributed by atoms with E-state index in [-0.39, 0.29) is 0 Å². The molecule has 1 rings (SSSR count). The van der Waals surface area contributed by atoms with Crippen LogP contribution in [0.3, 0.4) is 0 Å². The lowest BCUT2D eigenvalue weighted by atomic mass is 10.1. The Hall–Kier alpha value is -0.120. The van der Waals surface area contributed by atoms with Crippen molar-refractivity contribution < 1.29 is 0 Å². The highest BCUT2D eigenvalue weighted by atomic mass is 15.2. The van der Waals surface area contributed by atoms with Crippen molar-refractivity contribution in [2.24, 2.45) is 0 Å². The van der Waals surface area contributed by atoms with Gasteiger partial charge in [0.15, 0.2) is 0 Å². The SMILES string of the molecule is CCCN(CCN(C)C)C1CCCC1NC. The van der Waals surface area contributed by atoms with Crippen LogP contribution in [-0.2, 0) is 0 Å². The highest BCUT2D eigenvalue weighted by Gasteiger charge is 2.30. The van der Waals surface area contributed by atoms with Gasteiger partial charge in [-0.3, -0.25) is 4.90 Å². The molecule has 1 saturated carbocycles. The molecular formula is C13H29N3. The molecule has 0 spiro atoms. The fourth-order valence-corrected chi connectivity index (χ4v) is 2.77. The molecule has 3 nitrogen and oxygen atoms in total. The first-order chi connectivity index (χ1) is 7.69. The van der Waals surface area contributed by atoms with Crippen molar-refractivity contribution in [1.82, 2.24) is 15.1 Å². The summed E-state index contributed by atoms with van der Waals surface area (Å²) >= 11 is 0. The number of nitrogens with one attached hydrogen (secondary N) is 1. The first kappa shape index (κ1) is 13.9. The second-order valence-electron chi connectivity index (χ2n) is 5.23. The van der Waals surface area contributed by atoms with Gasteiger partial charge in [0.25, 0.3) is 0 Å². The summed E-state index contributed by atoms with van der Waals surface area (Å²) in [6, 6.07) is 1.48. The normalized spacial score (nSPS) is 25.9. The lowest BCUT2D eigenvalue weighted by Crippen LogP contribution is -2.48. The highest BCUT2D eigenvalue weighted by Crippen LogP contribution is 2.24. The number of nitrogens with zero attached hydrogens (tertiary/aromatic N) is 2. The summed E-state index contributed by atoms with van der Waals surface area (Å²) in [5, 5.41) is 3.49. The summed E-state index contributed by atoms with van der Waals surface area (Å²) in [6.45, 7) is 5.92. The van der Waals surface area contributed by atoms with Gasteiger partial charge < -0.3 is 10.2 Å². The number of likely N-dealkylation sites (N-methyl/N-ethyl adjacent to an activating group) is 2. The van der Waals surface area contributed by atoms with Crippen LogP contribution < -0.4 is 5.32 Å². The van der Waals surface area contributed by atoms with Crippen LogP contribution in [0, 0.1) is 0 Å². The predicted molar refractivity (Wildman–Crippen MR) is 70.9 cm³/mol. The molecule has 1 aliphatic carbocycles. The van der Waals surface area contributed by atoms with Crippen molar-refractivity contribution in [1.29, 1.82) is 0 Å². The Bertz CT molecular complexity index is 182. The summed E-state index contributed by atoms with van der Waals surface area (Å²) < 4.78 is 0. The van der Waals surface area contributed by atoms with Crippen LogP contribution in [0.5, 0.6) is 0 Å². The van der Waals surface area contributed by atoms with E-state index >= 15 is 0 Å². The van der Waals surface area contributed by atoms with E-state index in [9.17, 15) is 0 Å². The number of hydrogen-bond donors (Lipinski definition) is 1. The highest BCUT2D eigenvalue weighted by molar-refractivity contribution is 4.89. The average molecular weight is 227 g/mol. The van der Waals surface area contributed by atoms with Gasteiger partial charge in [0.2, 0.25) is 0 Å². The number of hydrogen-bond acceptors (Lipinski definition) is 3. The van der Waals surface area contributed by atoms with Crippen LogP contribution in [-0.4, -0.2) is 62.7 Å². The Morgan fingerprint density at radius 2 is 1.88 bits per heavy atom. The van der Waals surface area contributed by atoms with E-state index in [1.54, 1.807) is 0 Å². The van der Waals surface area contributed by atoms with Gasteiger partial charge in [0, 0.05) is 25.2 Å². The molecule has 1 fully saturated rings. The number of rotatable bonds is 7. The fourth-order valence-electron chi connectivity index (χ4n) is 2.77. The van der Waals surface area contributed by atoms with E-state index in [0.29, 0.717) is 6.04 Å². The third kappa shape index (κ3) is 4.04. The molecule has 0 heterocycles. The lowest BCUT2D eigenvalue weighted by molar-refractivity contribution is 0.160. The van der Waals surface area contributed by atoms with Crippen molar-refractivity contribution >= 4 is 0 Å². The van der Waals surface area contributed by atoms with Gasteiger partial charge in [-0.05, 0) is 47.0 Å². The summed E-state index contributed by atoms with van der Waals surface area (Å²) in [4.78, 5) is 4.97. The van der Waals surface area contributed by atoms with Crippen molar-refractivity contribution in [3.05, 3.63) is 0 Å². The van der Waals surface area contributed by atoms with Crippen LogP contribution in [0.2, 0.25) is 0 Å². The zero-order valence-electron chi connectivity index (χ0n) is 11.5. The average Bonchev–Trinajstić information content (AvgIpc) is 2.71. The standard InChI is InChI=1S/C13H29N3/c1-5-9-16(11-10-15(3)4)13-8-6-7-12(13)14-2/h12-14H,5-11H2,1-4H3. The third-order valence-electron chi connectivity index (χ3n) is 3.66. The Labute approximate surface area is 101 Å². The minimum Gasteiger partial charge on any atom is -0.315 e. The van der Waals surface area contributed by atoms with Crippen molar-refractivity contribution in [3.8, 4) is 0 Å². The van der Waals surface area contributed by atoms with Crippen molar-refractivity contribution in [3.63, 3.8) is 0 Å². The molecule has 3 heteroatoms. The molecule has 0 aliphatic heterocycles. The minimum absolute atomic E-state index is 0.716. The first-order valence-electron chi connectivity index (χ1n) is 6.75. The molecule has 0 bridgehead atoms. The molecule has 0 aromatic carbocycles. The van der Waals surface area contributed by atoms with Crippen LogP contribution in [0.15, 0.2) is 0 Å². The summed E-state index contributed by atoms with van der Waals surface area (Å²) in [5.41, 5.74) is 0. The molecule has 0 radical (unpaired) electrons. The molecule has 0 amide bonds. The molecule has 0 aromatic heterocycles. The Morgan fingerprint density at radius 1 is 1.12 bits per heavy atom. The van der Waals surface area contributed by atoms with Gasteiger partial charge in [-0.2, -0.15) is 0 Å². The quantitative estimate of drug-likeness (QED) is 0.709. The summed E-state index contributed by atoms with van der Waals surface area (Å²) in [5.74, 6) is 0. The fraction of sp³-hybridized carbons (Fsp3) is 1.00. The van der Waals surface area contributed by atoms with Crippen molar-refractivity contribution in [2.75, 3.05) is 40.8 Å². The van der Waals surface area contributed by atoms with Gasteiger partial charge in [-0.25, -0.2) is 0 Å². The van der Waals surface area contributed by atoms with Crippen LogP contribution in [0.25, 0.3) is 0 Å². The largest absolute Gasteiger partial charge is 0.315 e. The van der Waals surface area contributed by atoms with E-state index in [4.69, 9.17) is 0 Å². The monoisotopic (exact) mass is 227 g/mol. The van der Waals surface area contributed by atoms with Crippen LogP contribution in [0.1, 0.15) is 32.6 Å². The summed E-state index contributed by atoms with van der Waals surface area (Å²) in [6.07, 6.45) is 5.38.